The molecule has 0 unspecified atom stereocenters. The second-order valence-electron chi connectivity index (χ2n) is 8.81. The lowest BCUT2D eigenvalue weighted by Crippen LogP contribution is -2.50. The zero-order chi connectivity index (χ0) is 26.0. The Morgan fingerprint density at radius 2 is 1.83 bits per heavy atom. The van der Waals surface area contributed by atoms with E-state index in [1.54, 1.807) is 30.3 Å². The van der Waals surface area contributed by atoms with Crippen molar-refractivity contribution < 1.29 is 38.6 Å². The van der Waals surface area contributed by atoms with Gasteiger partial charge in [-0.05, 0) is 42.9 Å². The van der Waals surface area contributed by atoms with Gasteiger partial charge in [0.25, 0.3) is 0 Å². The van der Waals surface area contributed by atoms with E-state index in [2.05, 4.69) is 0 Å². The quantitative estimate of drug-likeness (QED) is 0.256. The number of carbonyl (C=O) groups is 5. The van der Waals surface area contributed by atoms with E-state index >= 15 is 0 Å². The van der Waals surface area contributed by atoms with Crippen LogP contribution >= 0.6 is 0 Å². The number of nitrogens with zero attached hydrogens (tertiary/aromatic N) is 1. The van der Waals surface area contributed by atoms with Crippen LogP contribution in [0.15, 0.2) is 42.5 Å². The minimum Gasteiger partial charge on any atom is -0.453 e. The standard InChI is InChI=1S/C26H33NO8/c1-17(2)22-16-34-26(33)27(22)25(32)21(15-19-9-5-4-6-10-19)24(35-18(3)29)23(31)13-12-20(30)11-7-8-14-28/h4-6,9-10,12-13,17,21-22,24,28H,7-8,11,14-16H2,1-3H3/t21-,22-,24+/m0/s1. The Hall–Kier alpha value is -3.33. The number of benzene rings is 1. The van der Waals surface area contributed by atoms with Crippen LogP contribution in [-0.4, -0.2) is 64.9 Å². The lowest BCUT2D eigenvalue weighted by molar-refractivity contribution is -0.159. The van der Waals surface area contributed by atoms with Gasteiger partial charge in [-0.15, -0.1) is 0 Å². The molecule has 1 aliphatic heterocycles. The Morgan fingerprint density at radius 3 is 2.43 bits per heavy atom. The smallest absolute Gasteiger partial charge is 0.416 e. The monoisotopic (exact) mass is 487 g/mol. The molecule has 1 saturated heterocycles. The van der Waals surface area contributed by atoms with Gasteiger partial charge in [0.15, 0.2) is 17.7 Å². The molecule has 1 aromatic carbocycles. The average molecular weight is 488 g/mol. The van der Waals surface area contributed by atoms with Crippen molar-refractivity contribution in [3.8, 4) is 0 Å². The van der Waals surface area contributed by atoms with Crippen molar-refractivity contribution in [3.05, 3.63) is 48.0 Å². The third-order valence-electron chi connectivity index (χ3n) is 5.73. The fourth-order valence-corrected chi connectivity index (χ4v) is 3.83. The number of hydrogen-bond donors (Lipinski definition) is 1. The van der Waals surface area contributed by atoms with E-state index in [0.717, 1.165) is 24.0 Å². The van der Waals surface area contributed by atoms with Crippen LogP contribution in [0.5, 0.6) is 0 Å². The van der Waals surface area contributed by atoms with Crippen LogP contribution in [0, 0.1) is 11.8 Å². The SMILES string of the molecule is CC(=O)O[C@@H](C(=O)C=CC(=O)CCCCO)[C@H](Cc1ccccc1)C(=O)N1C(=O)OC[C@H]1C(C)C. The lowest BCUT2D eigenvalue weighted by atomic mass is 9.89. The lowest BCUT2D eigenvalue weighted by Gasteiger charge is -2.30. The second kappa shape index (κ2) is 13.5. The second-order valence-corrected chi connectivity index (χ2v) is 8.81. The molecule has 0 radical (unpaired) electrons. The van der Waals surface area contributed by atoms with Gasteiger partial charge >= 0.3 is 12.1 Å². The number of amides is 2. The molecule has 0 spiro atoms. The third kappa shape index (κ3) is 8.13. The predicted octanol–water partition coefficient (Wildman–Crippen LogP) is 2.64. The molecule has 1 aromatic rings. The van der Waals surface area contributed by atoms with Crippen molar-refractivity contribution >= 4 is 29.5 Å². The Bertz CT molecular complexity index is 940. The van der Waals surface area contributed by atoms with Crippen molar-refractivity contribution in [2.45, 2.75) is 58.6 Å². The van der Waals surface area contributed by atoms with Gasteiger partial charge < -0.3 is 14.6 Å². The molecule has 0 saturated carbocycles. The Labute approximate surface area is 205 Å². The summed E-state index contributed by atoms with van der Waals surface area (Å²) in [4.78, 5) is 64.2. The molecule has 0 bridgehead atoms. The Balaban J connectivity index is 2.39. The fraction of sp³-hybridized carbons (Fsp3) is 0.500. The van der Waals surface area contributed by atoms with Crippen LogP contribution in [0.25, 0.3) is 0 Å². The number of imide groups is 1. The highest BCUT2D eigenvalue weighted by Gasteiger charge is 2.46. The summed E-state index contributed by atoms with van der Waals surface area (Å²) in [5, 5.41) is 8.85. The molecule has 0 aliphatic carbocycles. The van der Waals surface area contributed by atoms with E-state index in [-0.39, 0.29) is 37.8 Å². The van der Waals surface area contributed by atoms with E-state index in [1.165, 1.54) is 0 Å². The summed E-state index contributed by atoms with van der Waals surface area (Å²) >= 11 is 0. The van der Waals surface area contributed by atoms with Crippen molar-refractivity contribution in [3.63, 3.8) is 0 Å². The summed E-state index contributed by atoms with van der Waals surface area (Å²) in [5.41, 5.74) is 0.702. The number of aliphatic hydroxyl groups is 1. The number of esters is 1. The zero-order valence-corrected chi connectivity index (χ0v) is 20.3. The third-order valence-corrected chi connectivity index (χ3v) is 5.73. The van der Waals surface area contributed by atoms with E-state index < -0.39 is 41.8 Å². The molecule has 9 nitrogen and oxygen atoms in total. The summed E-state index contributed by atoms with van der Waals surface area (Å²) in [6, 6.07) is 8.34. The molecule has 190 valence electrons. The fourth-order valence-electron chi connectivity index (χ4n) is 3.83. The van der Waals surface area contributed by atoms with Crippen molar-refractivity contribution in [2.24, 2.45) is 11.8 Å². The molecule has 35 heavy (non-hydrogen) atoms. The molecule has 3 atom stereocenters. The first-order valence-electron chi connectivity index (χ1n) is 11.7. The molecule has 0 aromatic heterocycles. The number of ketones is 2. The number of carbonyl (C=O) groups excluding carboxylic acids is 5. The van der Waals surface area contributed by atoms with Crippen molar-refractivity contribution in [1.82, 2.24) is 4.90 Å². The Morgan fingerprint density at radius 1 is 1.14 bits per heavy atom. The van der Waals surface area contributed by atoms with Crippen LogP contribution in [0.2, 0.25) is 0 Å². The molecule has 1 aliphatic rings. The zero-order valence-electron chi connectivity index (χ0n) is 20.3. The maximum absolute atomic E-state index is 13.7. The molecular weight excluding hydrogens is 454 g/mol. The summed E-state index contributed by atoms with van der Waals surface area (Å²) in [6.45, 7) is 4.81. The summed E-state index contributed by atoms with van der Waals surface area (Å²) < 4.78 is 10.4. The van der Waals surface area contributed by atoms with Gasteiger partial charge in [0, 0.05) is 20.0 Å². The predicted molar refractivity (Wildman–Crippen MR) is 126 cm³/mol. The molecule has 2 rings (SSSR count). The van der Waals surface area contributed by atoms with Crippen molar-refractivity contribution in [2.75, 3.05) is 13.2 Å². The first-order chi connectivity index (χ1) is 16.6. The van der Waals surface area contributed by atoms with Crippen LogP contribution in [-0.2, 0) is 35.1 Å². The normalized spacial score (nSPS) is 17.3. The number of hydrogen-bond acceptors (Lipinski definition) is 8. The van der Waals surface area contributed by atoms with Crippen LogP contribution < -0.4 is 0 Å². The van der Waals surface area contributed by atoms with Gasteiger partial charge in [-0.3, -0.25) is 19.2 Å². The minimum absolute atomic E-state index is 0.0240. The van der Waals surface area contributed by atoms with Crippen LogP contribution in [0.4, 0.5) is 4.79 Å². The van der Waals surface area contributed by atoms with Gasteiger partial charge in [0.05, 0.1) is 12.0 Å². The summed E-state index contributed by atoms with van der Waals surface area (Å²) in [5.74, 6) is -3.84. The van der Waals surface area contributed by atoms with Gasteiger partial charge in [0.1, 0.15) is 6.61 Å². The van der Waals surface area contributed by atoms with E-state index in [0.29, 0.717) is 18.4 Å². The van der Waals surface area contributed by atoms with Gasteiger partial charge in [-0.25, -0.2) is 9.69 Å². The van der Waals surface area contributed by atoms with Gasteiger partial charge in [0.2, 0.25) is 5.91 Å². The van der Waals surface area contributed by atoms with Gasteiger partial charge in [-0.1, -0.05) is 44.2 Å². The highest BCUT2D eigenvalue weighted by molar-refractivity contribution is 6.04. The molecule has 1 N–H and O–H groups in total. The first-order valence-corrected chi connectivity index (χ1v) is 11.7. The maximum Gasteiger partial charge on any atom is 0.416 e. The topological polar surface area (TPSA) is 127 Å². The number of unbranched alkanes of at least 4 members (excludes halogenated alkanes) is 1. The number of aliphatic hydroxyl groups excluding tert-OH is 1. The maximum atomic E-state index is 13.7. The van der Waals surface area contributed by atoms with Crippen LogP contribution in [0.3, 0.4) is 0 Å². The summed E-state index contributed by atoms with van der Waals surface area (Å²) in [7, 11) is 0. The van der Waals surface area contributed by atoms with Crippen molar-refractivity contribution in [1.29, 1.82) is 0 Å². The van der Waals surface area contributed by atoms with E-state index in [4.69, 9.17) is 14.6 Å². The largest absolute Gasteiger partial charge is 0.453 e. The number of cyclic esters (lactones) is 1. The molecule has 1 heterocycles. The molecule has 9 heteroatoms. The summed E-state index contributed by atoms with van der Waals surface area (Å²) in [6.07, 6.45) is 0.827. The van der Waals surface area contributed by atoms with Crippen LogP contribution in [0.1, 0.15) is 45.6 Å². The highest BCUT2D eigenvalue weighted by atomic mass is 16.6. The number of allylic oxidation sites excluding steroid dienone is 1. The number of ether oxygens (including phenoxy) is 2. The molecular formula is C26H33NO8. The number of rotatable bonds is 13. The minimum atomic E-state index is -1.54. The van der Waals surface area contributed by atoms with E-state index in [1.807, 2.05) is 13.8 Å². The van der Waals surface area contributed by atoms with E-state index in [9.17, 15) is 24.0 Å². The highest BCUT2D eigenvalue weighted by Crippen LogP contribution is 2.27. The molecule has 2 amide bonds. The Kier molecular flexibility index (Phi) is 10.8. The first kappa shape index (κ1) is 27.9. The average Bonchev–Trinajstić information content (AvgIpc) is 3.21. The molecule has 1 fully saturated rings. The van der Waals surface area contributed by atoms with Gasteiger partial charge in [-0.2, -0.15) is 0 Å².